The zero-order valence-electron chi connectivity index (χ0n) is 35.1. The zero-order valence-corrected chi connectivity index (χ0v) is 39.6. The predicted molar refractivity (Wildman–Crippen MR) is 210 cm³/mol. The van der Waals surface area contributed by atoms with Gasteiger partial charge in [0.05, 0.1) is 12.9 Å². The molecule has 5 nitrogen and oxygen atoms in total. The van der Waals surface area contributed by atoms with Gasteiger partial charge in [0, 0.05) is 6.42 Å². The van der Waals surface area contributed by atoms with Crippen LogP contribution in [-0.4, -0.2) is 65.5 Å². The molecule has 0 spiro atoms. The maximum absolute atomic E-state index is 5.01. The van der Waals surface area contributed by atoms with Crippen LogP contribution in [0.2, 0.25) is 0 Å². The molecule has 6 heteroatoms. The molecule has 0 saturated heterocycles. The number of imidazole rings is 2. The van der Waals surface area contributed by atoms with Crippen LogP contribution in [0.15, 0.2) is 12.3 Å². The van der Waals surface area contributed by atoms with E-state index >= 15 is 0 Å². The molecule has 0 unspecified atom stereocenters. The van der Waals surface area contributed by atoms with Gasteiger partial charge in [0.2, 0.25) is 0 Å². The topological polar surface area (TPSA) is 63.2 Å². The van der Waals surface area contributed by atoms with Crippen molar-refractivity contribution in [3.63, 3.8) is 0 Å². The molecule has 0 radical (unpaired) electrons. The van der Waals surface area contributed by atoms with E-state index in [0.717, 1.165) is 50.4 Å². The maximum atomic E-state index is 5.01. The van der Waals surface area contributed by atoms with Crippen LogP contribution >= 0.6 is 0 Å². The van der Waals surface area contributed by atoms with Crippen molar-refractivity contribution in [2.75, 3.05) is 6.61 Å². The SMILES string of the molecule is C1=COCC1.CCCC(C)(C)c1nc(C(C)(C)C)[n-]c1C(C)(C)CCC.CCCC(C)(C)c1nc(C(C)(C)C)[n-]c1C(C)(C)CCC.[Ba+2]. The second kappa shape index (κ2) is 19.4. The first kappa shape index (κ1) is 47.5. The van der Waals surface area contributed by atoms with Crippen LogP contribution in [0, 0.1) is 0 Å². The van der Waals surface area contributed by atoms with E-state index in [4.69, 9.17) is 24.7 Å². The molecule has 0 N–H and O–H groups in total. The smallest absolute Gasteiger partial charge is 0.501 e. The van der Waals surface area contributed by atoms with E-state index in [1.807, 2.05) is 6.08 Å². The molecule has 1 aliphatic rings. The standard InChI is InChI=1S/2C19H35N2.C4H6O.Ba/c2*1-10-12-18(6,7)14-15(19(8,9)13-11-2)21-16(20-14)17(3,4)5;1-2-4-5-3-1;/h2*10-13H2,1-9H3;1,3H,2,4H2;/q2*-1;;+2. The molecular formula is C42H76BaN4O. The Hall–Kier alpha value is -0.469. The van der Waals surface area contributed by atoms with E-state index in [1.165, 1.54) is 48.5 Å². The fourth-order valence-electron chi connectivity index (χ4n) is 6.56. The van der Waals surface area contributed by atoms with Crippen LogP contribution in [0.1, 0.15) is 217 Å². The van der Waals surface area contributed by atoms with Crippen LogP contribution in [-0.2, 0) is 37.2 Å². The Kier molecular flexibility index (Phi) is 19.2. The van der Waals surface area contributed by atoms with Crippen molar-refractivity contribution in [3.05, 3.63) is 46.8 Å². The summed E-state index contributed by atoms with van der Waals surface area (Å²) in [6, 6.07) is 0. The van der Waals surface area contributed by atoms with Crippen molar-refractivity contribution in [3.8, 4) is 0 Å². The summed E-state index contributed by atoms with van der Waals surface area (Å²) in [5, 5.41) is 0. The number of aromatic nitrogens is 4. The van der Waals surface area contributed by atoms with E-state index in [9.17, 15) is 0 Å². The minimum atomic E-state index is 0. The minimum absolute atomic E-state index is 0. The quantitative estimate of drug-likeness (QED) is 0.200. The molecule has 1 aliphatic heterocycles. The third-order valence-corrected chi connectivity index (χ3v) is 9.32. The van der Waals surface area contributed by atoms with E-state index in [-0.39, 0.29) is 81.4 Å². The van der Waals surface area contributed by atoms with Crippen molar-refractivity contribution in [2.45, 2.75) is 215 Å². The monoisotopic (exact) mass is 791 g/mol. The fourth-order valence-corrected chi connectivity index (χ4v) is 6.56. The van der Waals surface area contributed by atoms with E-state index in [0.29, 0.717) is 0 Å². The molecule has 0 atom stereocenters. The summed E-state index contributed by atoms with van der Waals surface area (Å²) in [4.78, 5) is 20.0. The van der Waals surface area contributed by atoms with Crippen LogP contribution in [0.3, 0.4) is 0 Å². The Morgan fingerprint density at radius 3 is 1.06 bits per heavy atom. The van der Waals surface area contributed by atoms with Gasteiger partial charge >= 0.3 is 48.9 Å². The molecule has 0 aliphatic carbocycles. The summed E-state index contributed by atoms with van der Waals surface area (Å²) in [6.07, 6.45) is 14.2. The van der Waals surface area contributed by atoms with Gasteiger partial charge in [-0.3, -0.25) is 0 Å². The summed E-state index contributed by atoms with van der Waals surface area (Å²) in [6.45, 7) is 41.7. The molecule has 3 rings (SSSR count). The van der Waals surface area contributed by atoms with Gasteiger partial charge in [-0.05, 0) is 64.2 Å². The molecular weight excluding hydrogens is 714 g/mol. The summed E-state index contributed by atoms with van der Waals surface area (Å²) in [5.41, 5.74) is 5.35. The van der Waals surface area contributed by atoms with E-state index < -0.39 is 0 Å². The fraction of sp³-hybridized carbons (Fsp3) is 0.810. The van der Waals surface area contributed by atoms with Crippen molar-refractivity contribution < 1.29 is 4.74 Å². The Morgan fingerprint density at radius 2 is 0.854 bits per heavy atom. The van der Waals surface area contributed by atoms with Crippen LogP contribution in [0.25, 0.3) is 0 Å². The number of ether oxygens (including phenoxy) is 1. The van der Waals surface area contributed by atoms with E-state index in [2.05, 4.69) is 125 Å². The molecule has 0 fully saturated rings. The van der Waals surface area contributed by atoms with Gasteiger partial charge < -0.3 is 24.7 Å². The molecule has 0 amide bonds. The molecule has 0 saturated carbocycles. The van der Waals surface area contributed by atoms with Gasteiger partial charge in [0.1, 0.15) is 0 Å². The van der Waals surface area contributed by atoms with Crippen molar-refractivity contribution >= 4 is 48.9 Å². The molecule has 48 heavy (non-hydrogen) atoms. The first-order chi connectivity index (χ1) is 21.4. The average Bonchev–Trinajstić information content (AvgIpc) is 3.70. The second-order valence-corrected chi connectivity index (χ2v) is 18.6. The summed E-state index contributed by atoms with van der Waals surface area (Å²) < 4.78 is 4.76. The van der Waals surface area contributed by atoms with Gasteiger partial charge in [-0.2, -0.15) is 0 Å². The average molecular weight is 790 g/mol. The van der Waals surface area contributed by atoms with Gasteiger partial charge in [-0.25, -0.2) is 0 Å². The summed E-state index contributed by atoms with van der Waals surface area (Å²) in [5.74, 6) is 2.00. The predicted octanol–water partition coefficient (Wildman–Crippen LogP) is 11.5. The van der Waals surface area contributed by atoms with Gasteiger partial charge in [0.25, 0.3) is 0 Å². The minimum Gasteiger partial charge on any atom is -0.501 e. The Morgan fingerprint density at radius 1 is 0.542 bits per heavy atom. The maximum Gasteiger partial charge on any atom is 2.00 e. The molecule has 272 valence electrons. The van der Waals surface area contributed by atoms with Gasteiger partial charge in [0.15, 0.2) is 0 Å². The molecule has 2 aromatic rings. The Labute approximate surface area is 338 Å². The van der Waals surface area contributed by atoms with Crippen molar-refractivity contribution in [1.82, 2.24) is 19.9 Å². The summed E-state index contributed by atoms with van der Waals surface area (Å²) >= 11 is 0. The number of nitrogens with zero attached hydrogens (tertiary/aromatic N) is 4. The van der Waals surface area contributed by atoms with Crippen molar-refractivity contribution in [2.24, 2.45) is 0 Å². The normalized spacial score (nSPS) is 14.0. The third-order valence-electron chi connectivity index (χ3n) is 9.32. The first-order valence-electron chi connectivity index (χ1n) is 18.8. The third kappa shape index (κ3) is 13.9. The molecule has 0 aromatic carbocycles. The van der Waals surface area contributed by atoms with Crippen molar-refractivity contribution in [1.29, 1.82) is 0 Å². The van der Waals surface area contributed by atoms with Gasteiger partial charge in [-0.15, -0.1) is 0 Å². The molecule has 0 bridgehead atoms. The largest absolute Gasteiger partial charge is 2.00 e. The molecule has 3 heterocycles. The van der Waals surface area contributed by atoms with E-state index in [1.54, 1.807) is 6.26 Å². The summed E-state index contributed by atoms with van der Waals surface area (Å²) in [7, 11) is 0. The Bertz CT molecular complexity index is 1070. The zero-order chi connectivity index (χ0) is 36.5. The van der Waals surface area contributed by atoms with Gasteiger partial charge in [-0.1, -0.05) is 185 Å². The second-order valence-electron chi connectivity index (χ2n) is 18.6. The number of hydrogen-bond acceptors (Lipinski definition) is 3. The van der Waals surface area contributed by atoms with Crippen LogP contribution < -0.4 is 9.97 Å². The van der Waals surface area contributed by atoms with Crippen LogP contribution in [0.5, 0.6) is 0 Å². The molecule has 2 aromatic heterocycles. The number of rotatable bonds is 12. The Balaban J connectivity index is 0.000000786. The first-order valence-corrected chi connectivity index (χ1v) is 18.8. The van der Waals surface area contributed by atoms with Crippen LogP contribution in [0.4, 0.5) is 0 Å². The number of hydrogen-bond donors (Lipinski definition) is 0.